The van der Waals surface area contributed by atoms with E-state index in [-0.39, 0.29) is 17.4 Å². The minimum atomic E-state index is -1.77. The maximum atomic E-state index is 8.80. The molecule has 0 amide bonds. The Morgan fingerprint density at radius 1 is 0.870 bits per heavy atom. The molecule has 0 unspecified atom stereocenters. The lowest BCUT2D eigenvalue weighted by Gasteiger charge is -2.12. The van der Waals surface area contributed by atoms with Gasteiger partial charge >= 0.3 is 0 Å². The van der Waals surface area contributed by atoms with Crippen LogP contribution in [0.3, 0.4) is 0 Å². The molecule has 1 aromatic heterocycles. The van der Waals surface area contributed by atoms with Crippen molar-refractivity contribution in [1.29, 1.82) is 0 Å². The first-order valence-electron chi connectivity index (χ1n) is 5.70. The number of phenolic OH excluding ortho intramolecular Hbond substituents is 1. The molecule has 2 aromatic rings. The molecule has 11 heteroatoms. The number of alkyl halides is 6. The molecule has 5 nitrogen and oxygen atoms in total. The number of nitrogens with zero attached hydrogens (tertiary/aromatic N) is 3. The van der Waals surface area contributed by atoms with Crippen LogP contribution in [0.4, 0.5) is 0 Å². The lowest BCUT2D eigenvalue weighted by atomic mass is 10.3. The fraction of sp³-hybridized carbons (Fsp3) is 0.250. The molecule has 0 saturated heterocycles. The quantitative estimate of drug-likeness (QED) is 0.638. The molecular formula is C12H9Cl6N3O2. The summed E-state index contributed by atoms with van der Waals surface area (Å²) in [4.78, 5) is 11.0. The van der Waals surface area contributed by atoms with Gasteiger partial charge in [-0.15, -0.1) is 0 Å². The molecule has 0 radical (unpaired) electrons. The summed E-state index contributed by atoms with van der Waals surface area (Å²) in [6.45, 7) is 0. The predicted octanol–water partition coefficient (Wildman–Crippen LogP) is 4.93. The summed E-state index contributed by atoms with van der Waals surface area (Å²) in [6, 6.07) is 6.57. The summed E-state index contributed by atoms with van der Waals surface area (Å²) in [6.07, 6.45) is 1.10. The highest BCUT2D eigenvalue weighted by Gasteiger charge is 2.32. The summed E-state index contributed by atoms with van der Waals surface area (Å²) < 4.78 is 1.32. The Kier molecular flexibility index (Phi) is 7.71. The molecule has 0 fully saturated rings. The van der Waals surface area contributed by atoms with Crippen molar-refractivity contribution in [2.24, 2.45) is 0 Å². The monoisotopic (exact) mass is 437 g/mol. The fourth-order valence-corrected chi connectivity index (χ4v) is 1.70. The minimum absolute atomic E-state index is 0.0983. The molecule has 0 atom stereocenters. The first-order chi connectivity index (χ1) is 10.5. The number of methoxy groups -OCH3 is 1. The van der Waals surface area contributed by atoms with Crippen molar-refractivity contribution in [1.82, 2.24) is 15.0 Å². The largest absolute Gasteiger partial charge is 0.508 e. The molecule has 1 N–H and O–H groups in total. The number of hydrogen-bond donors (Lipinski definition) is 1. The van der Waals surface area contributed by atoms with Crippen molar-refractivity contribution in [2.75, 3.05) is 7.11 Å². The first-order valence-corrected chi connectivity index (χ1v) is 7.97. The number of ether oxygens (including phenoxy) is 1. The Morgan fingerprint density at radius 2 is 1.30 bits per heavy atom. The van der Waals surface area contributed by atoms with Crippen LogP contribution in [0.1, 0.15) is 11.6 Å². The average molecular weight is 440 g/mol. The molecule has 0 aliphatic heterocycles. The number of phenols is 1. The van der Waals surface area contributed by atoms with Crippen molar-refractivity contribution in [3.05, 3.63) is 42.2 Å². The Bertz CT molecular complexity index is 599. The standard InChI is InChI=1S/C7H8O2.C5HCl6N3/c1-9-7-4-2-6(8)3-5-7;6-4(7,8)2-12-1-13-3(14-2)5(9,10)11/h2-5,8H,1H3;1H. The highest BCUT2D eigenvalue weighted by Crippen LogP contribution is 2.39. The number of halogens is 6. The number of aromatic nitrogens is 3. The Balaban J connectivity index is 0.000000253. The van der Waals surface area contributed by atoms with E-state index in [9.17, 15) is 0 Å². The highest BCUT2D eigenvalue weighted by atomic mass is 35.6. The molecule has 1 aromatic carbocycles. The van der Waals surface area contributed by atoms with Crippen LogP contribution in [-0.2, 0) is 7.59 Å². The van der Waals surface area contributed by atoms with E-state index in [1.165, 1.54) is 0 Å². The molecule has 1 heterocycles. The molecule has 0 spiro atoms. The molecule has 0 aliphatic rings. The fourth-order valence-electron chi connectivity index (χ4n) is 1.15. The number of rotatable bonds is 1. The average Bonchev–Trinajstić information content (AvgIpc) is 2.47. The van der Waals surface area contributed by atoms with Crippen molar-refractivity contribution >= 4 is 69.6 Å². The lowest BCUT2D eigenvalue weighted by molar-refractivity contribution is 0.412. The normalized spacial score (nSPS) is 11.4. The van der Waals surface area contributed by atoms with Crippen LogP contribution >= 0.6 is 69.6 Å². The maximum Gasteiger partial charge on any atom is 0.250 e. The van der Waals surface area contributed by atoms with E-state index in [1.54, 1.807) is 31.4 Å². The van der Waals surface area contributed by atoms with Crippen LogP contribution in [0, 0.1) is 0 Å². The molecular weight excluding hydrogens is 431 g/mol. The third-order valence-electron chi connectivity index (χ3n) is 2.15. The van der Waals surface area contributed by atoms with Gasteiger partial charge in [0.15, 0.2) is 11.6 Å². The van der Waals surface area contributed by atoms with Crippen LogP contribution in [0.25, 0.3) is 0 Å². The molecule has 0 aliphatic carbocycles. The Hall–Kier alpha value is -0.430. The van der Waals surface area contributed by atoms with E-state index in [2.05, 4.69) is 15.0 Å². The summed E-state index contributed by atoms with van der Waals surface area (Å²) in [5.74, 6) is 0.821. The highest BCUT2D eigenvalue weighted by molar-refractivity contribution is 6.67. The Morgan fingerprint density at radius 3 is 1.65 bits per heavy atom. The van der Waals surface area contributed by atoms with Crippen LogP contribution in [0.2, 0.25) is 0 Å². The Labute approximate surface area is 162 Å². The van der Waals surface area contributed by atoms with E-state index in [1.807, 2.05) is 0 Å². The van der Waals surface area contributed by atoms with Crippen LogP contribution < -0.4 is 4.74 Å². The number of benzene rings is 1. The molecule has 126 valence electrons. The van der Waals surface area contributed by atoms with Gasteiger partial charge in [-0.1, -0.05) is 69.6 Å². The zero-order valence-electron chi connectivity index (χ0n) is 11.4. The maximum absolute atomic E-state index is 8.80. The zero-order valence-corrected chi connectivity index (χ0v) is 15.9. The van der Waals surface area contributed by atoms with E-state index >= 15 is 0 Å². The van der Waals surface area contributed by atoms with Crippen molar-refractivity contribution in [3.63, 3.8) is 0 Å². The van der Waals surface area contributed by atoms with Gasteiger partial charge in [0.05, 0.1) is 7.11 Å². The van der Waals surface area contributed by atoms with E-state index < -0.39 is 7.59 Å². The molecule has 2 rings (SSSR count). The summed E-state index contributed by atoms with van der Waals surface area (Å²) in [5, 5.41) is 8.80. The van der Waals surface area contributed by atoms with Gasteiger partial charge in [-0.2, -0.15) is 0 Å². The van der Waals surface area contributed by atoms with E-state index in [0.717, 1.165) is 12.1 Å². The number of aromatic hydroxyl groups is 1. The zero-order chi connectivity index (χ0) is 17.7. The predicted molar refractivity (Wildman–Crippen MR) is 93.0 cm³/mol. The van der Waals surface area contributed by atoms with Gasteiger partial charge in [0, 0.05) is 0 Å². The molecule has 0 bridgehead atoms. The van der Waals surface area contributed by atoms with Gasteiger partial charge in [-0.3, -0.25) is 0 Å². The second-order valence-electron chi connectivity index (χ2n) is 3.83. The van der Waals surface area contributed by atoms with Gasteiger partial charge in [0.25, 0.3) is 0 Å². The van der Waals surface area contributed by atoms with Gasteiger partial charge in [-0.25, -0.2) is 15.0 Å². The minimum Gasteiger partial charge on any atom is -0.508 e. The van der Waals surface area contributed by atoms with E-state index in [4.69, 9.17) is 79.4 Å². The topological polar surface area (TPSA) is 68.1 Å². The van der Waals surface area contributed by atoms with Crippen molar-refractivity contribution in [2.45, 2.75) is 7.59 Å². The third-order valence-corrected chi connectivity index (χ3v) is 3.17. The van der Waals surface area contributed by atoms with Crippen LogP contribution in [-0.4, -0.2) is 27.2 Å². The third kappa shape index (κ3) is 7.33. The van der Waals surface area contributed by atoms with Crippen molar-refractivity contribution < 1.29 is 9.84 Å². The second-order valence-corrected chi connectivity index (χ2v) is 8.39. The molecule has 0 saturated carbocycles. The van der Waals surface area contributed by atoms with Crippen LogP contribution in [0.5, 0.6) is 11.5 Å². The van der Waals surface area contributed by atoms with E-state index in [0.29, 0.717) is 0 Å². The smallest absolute Gasteiger partial charge is 0.250 e. The second kappa shape index (κ2) is 8.60. The summed E-state index contributed by atoms with van der Waals surface area (Å²) in [7, 11) is 1.59. The first kappa shape index (κ1) is 20.6. The van der Waals surface area contributed by atoms with Crippen molar-refractivity contribution in [3.8, 4) is 11.5 Å². The summed E-state index contributed by atoms with van der Waals surface area (Å²) >= 11 is 33.2. The van der Waals surface area contributed by atoms with Crippen LogP contribution in [0.15, 0.2) is 30.6 Å². The SMILES string of the molecule is COc1ccc(O)cc1.ClC(Cl)(Cl)c1ncnc(C(Cl)(Cl)Cl)n1. The van der Waals surface area contributed by atoms with Gasteiger partial charge in [-0.05, 0) is 24.3 Å². The van der Waals surface area contributed by atoms with Gasteiger partial charge in [0.1, 0.15) is 17.8 Å². The molecule has 23 heavy (non-hydrogen) atoms. The number of hydrogen-bond acceptors (Lipinski definition) is 5. The lowest BCUT2D eigenvalue weighted by Crippen LogP contribution is -2.14. The van der Waals surface area contributed by atoms with Gasteiger partial charge in [0.2, 0.25) is 7.59 Å². The summed E-state index contributed by atoms with van der Waals surface area (Å²) in [5.41, 5.74) is 0. The van der Waals surface area contributed by atoms with Gasteiger partial charge < -0.3 is 9.84 Å².